The Hall–Kier alpha value is -2.42. The van der Waals surface area contributed by atoms with Gasteiger partial charge in [-0.15, -0.1) is 11.3 Å². The van der Waals surface area contributed by atoms with Crippen molar-refractivity contribution in [3.63, 3.8) is 0 Å². The summed E-state index contributed by atoms with van der Waals surface area (Å²) in [6.07, 6.45) is 5.97. The molecule has 1 saturated carbocycles. The molecule has 2 aromatic rings. The molecule has 2 aromatic heterocycles. The van der Waals surface area contributed by atoms with Gasteiger partial charge in [0.25, 0.3) is 5.91 Å². The molecule has 2 N–H and O–H groups in total. The Labute approximate surface area is 167 Å². The van der Waals surface area contributed by atoms with Gasteiger partial charge in [0.05, 0.1) is 12.2 Å². The molecule has 8 nitrogen and oxygen atoms in total. The highest BCUT2D eigenvalue weighted by Gasteiger charge is 2.56. The second kappa shape index (κ2) is 6.58. The van der Waals surface area contributed by atoms with Crippen LogP contribution in [-0.2, 0) is 16.1 Å². The molecule has 2 aliphatic rings. The highest BCUT2D eigenvalue weighted by Crippen LogP contribution is 2.46. The lowest BCUT2D eigenvalue weighted by atomic mass is 9.64. The Kier molecular flexibility index (Phi) is 4.45. The van der Waals surface area contributed by atoms with Crippen LogP contribution in [0.1, 0.15) is 45.7 Å². The molecule has 1 spiro atoms. The summed E-state index contributed by atoms with van der Waals surface area (Å²) in [5, 5.41) is 7.58. The fourth-order valence-electron chi connectivity index (χ4n) is 4.90. The van der Waals surface area contributed by atoms with Crippen LogP contribution in [-0.4, -0.2) is 44.2 Å². The number of nitrogens with one attached hydrogen (secondary N) is 2. The van der Waals surface area contributed by atoms with Crippen molar-refractivity contribution >= 4 is 34.1 Å². The molecule has 0 radical (unpaired) electrons. The highest BCUT2D eigenvalue weighted by molar-refractivity contribution is 7.15. The number of hydrogen-bond acceptors (Lipinski definition) is 5. The van der Waals surface area contributed by atoms with Crippen LogP contribution in [0.25, 0.3) is 4.96 Å². The van der Waals surface area contributed by atoms with E-state index >= 15 is 0 Å². The first-order chi connectivity index (χ1) is 13.2. The number of thiazole rings is 1. The first-order valence-corrected chi connectivity index (χ1v) is 10.4. The van der Waals surface area contributed by atoms with Crippen LogP contribution < -0.4 is 10.6 Å². The zero-order valence-corrected chi connectivity index (χ0v) is 17.1. The molecule has 3 heterocycles. The third-order valence-electron chi connectivity index (χ3n) is 5.54. The number of carbonyl (C=O) groups is 3. The monoisotopic (exact) mass is 403 g/mol. The topological polar surface area (TPSA) is 95.8 Å². The summed E-state index contributed by atoms with van der Waals surface area (Å²) in [5.74, 6) is -0.327. The highest BCUT2D eigenvalue weighted by atomic mass is 32.1. The lowest BCUT2D eigenvalue weighted by molar-refractivity contribution is -0.137. The number of hydrogen-bond donors (Lipinski definition) is 2. The summed E-state index contributed by atoms with van der Waals surface area (Å²) >= 11 is 1.51. The minimum Gasteiger partial charge on any atom is -0.349 e. The van der Waals surface area contributed by atoms with Gasteiger partial charge in [0.1, 0.15) is 12.1 Å². The molecular weight excluding hydrogens is 378 g/mol. The predicted molar refractivity (Wildman–Crippen MR) is 105 cm³/mol. The summed E-state index contributed by atoms with van der Waals surface area (Å²) in [5.41, 5.74) is -0.184. The number of fused-ring (bicyclic) bond motifs is 1. The second-order valence-electron chi connectivity index (χ2n) is 8.86. The van der Waals surface area contributed by atoms with E-state index in [0.717, 1.165) is 22.0 Å². The lowest BCUT2D eigenvalue weighted by Gasteiger charge is -2.43. The van der Waals surface area contributed by atoms with Gasteiger partial charge >= 0.3 is 6.03 Å². The smallest absolute Gasteiger partial charge is 0.325 e. The second-order valence-corrected chi connectivity index (χ2v) is 9.73. The molecule has 2 unspecified atom stereocenters. The average Bonchev–Trinajstić information content (AvgIpc) is 3.21. The first-order valence-electron chi connectivity index (χ1n) is 9.49. The van der Waals surface area contributed by atoms with E-state index in [1.807, 2.05) is 22.2 Å². The molecular formula is C19H25N5O3S. The van der Waals surface area contributed by atoms with Gasteiger partial charge in [-0.25, -0.2) is 9.78 Å². The van der Waals surface area contributed by atoms with E-state index in [-0.39, 0.29) is 30.3 Å². The van der Waals surface area contributed by atoms with Crippen molar-refractivity contribution < 1.29 is 14.4 Å². The number of carbonyl (C=O) groups excluding carboxylic acids is 3. The van der Waals surface area contributed by atoms with Gasteiger partial charge < -0.3 is 10.6 Å². The lowest BCUT2D eigenvalue weighted by Crippen LogP contribution is -2.54. The molecule has 4 rings (SSSR count). The number of amides is 4. The Balaban J connectivity index is 1.40. The largest absolute Gasteiger partial charge is 0.349 e. The molecule has 2 atom stereocenters. The molecule has 0 bridgehead atoms. The van der Waals surface area contributed by atoms with Crippen LogP contribution in [0.5, 0.6) is 0 Å². The minimum atomic E-state index is -0.882. The van der Waals surface area contributed by atoms with Gasteiger partial charge in [-0.1, -0.05) is 20.8 Å². The van der Waals surface area contributed by atoms with E-state index in [9.17, 15) is 14.4 Å². The Morgan fingerprint density at radius 2 is 2.18 bits per heavy atom. The molecule has 2 fully saturated rings. The van der Waals surface area contributed by atoms with Crippen molar-refractivity contribution in [1.82, 2.24) is 24.9 Å². The van der Waals surface area contributed by atoms with Gasteiger partial charge in [-0.3, -0.25) is 18.9 Å². The van der Waals surface area contributed by atoms with E-state index in [0.29, 0.717) is 18.8 Å². The van der Waals surface area contributed by atoms with Gasteiger partial charge in [0.2, 0.25) is 5.91 Å². The molecule has 150 valence electrons. The molecule has 9 heteroatoms. The number of imide groups is 1. The minimum absolute atomic E-state index is 0.0349. The molecule has 1 saturated heterocycles. The van der Waals surface area contributed by atoms with Crippen LogP contribution in [0.2, 0.25) is 0 Å². The zero-order valence-electron chi connectivity index (χ0n) is 16.3. The van der Waals surface area contributed by atoms with Crippen LogP contribution in [0.4, 0.5) is 4.79 Å². The maximum Gasteiger partial charge on any atom is 0.325 e. The number of rotatable bonds is 4. The van der Waals surface area contributed by atoms with Crippen molar-refractivity contribution in [2.75, 3.05) is 6.54 Å². The SMILES string of the molecule is CC1CC(C)(C)CC2(C1)NC(=O)N(CC(=O)NCc1cn3ccsc3n1)C2=O. The summed E-state index contributed by atoms with van der Waals surface area (Å²) in [7, 11) is 0. The quantitative estimate of drug-likeness (QED) is 0.765. The predicted octanol–water partition coefficient (Wildman–Crippen LogP) is 2.15. The fraction of sp³-hybridized carbons (Fsp3) is 0.579. The summed E-state index contributed by atoms with van der Waals surface area (Å²) in [6.45, 7) is 6.33. The molecule has 1 aliphatic carbocycles. The third-order valence-corrected chi connectivity index (χ3v) is 6.31. The Morgan fingerprint density at radius 1 is 1.39 bits per heavy atom. The van der Waals surface area contributed by atoms with Crippen molar-refractivity contribution in [3.05, 3.63) is 23.5 Å². The molecule has 4 amide bonds. The van der Waals surface area contributed by atoms with Crippen LogP contribution in [0.15, 0.2) is 17.8 Å². The maximum absolute atomic E-state index is 13.1. The number of aromatic nitrogens is 2. The van der Waals surface area contributed by atoms with Gasteiger partial charge in [-0.2, -0.15) is 0 Å². The van der Waals surface area contributed by atoms with Crippen molar-refractivity contribution in [2.45, 2.75) is 52.1 Å². The number of imidazole rings is 1. The zero-order chi connectivity index (χ0) is 20.1. The van der Waals surface area contributed by atoms with E-state index in [1.165, 1.54) is 11.3 Å². The van der Waals surface area contributed by atoms with Crippen LogP contribution in [0.3, 0.4) is 0 Å². The number of nitrogens with zero attached hydrogens (tertiary/aromatic N) is 3. The van der Waals surface area contributed by atoms with Crippen molar-refractivity contribution in [2.24, 2.45) is 11.3 Å². The standard InChI is InChI=1S/C19H25N5O3S/c1-12-6-18(2,3)11-19(7-12)15(26)24(16(27)22-19)10-14(25)20-8-13-9-23-4-5-28-17(23)21-13/h4-5,9,12H,6-8,10-11H2,1-3H3,(H,20,25)(H,22,27). The van der Waals surface area contributed by atoms with Crippen molar-refractivity contribution in [3.8, 4) is 0 Å². The number of urea groups is 1. The van der Waals surface area contributed by atoms with Crippen LogP contribution in [0, 0.1) is 11.3 Å². The fourth-order valence-corrected chi connectivity index (χ4v) is 5.62. The van der Waals surface area contributed by atoms with Gasteiger partial charge in [0.15, 0.2) is 4.96 Å². The summed E-state index contributed by atoms with van der Waals surface area (Å²) < 4.78 is 1.89. The van der Waals surface area contributed by atoms with E-state index in [2.05, 4.69) is 36.4 Å². The van der Waals surface area contributed by atoms with Gasteiger partial charge in [0, 0.05) is 17.8 Å². The first kappa shape index (κ1) is 18.9. The average molecular weight is 404 g/mol. The normalized spacial score (nSPS) is 26.8. The molecule has 0 aromatic carbocycles. The third kappa shape index (κ3) is 3.39. The summed E-state index contributed by atoms with van der Waals surface area (Å²) in [6, 6.07) is -0.479. The van der Waals surface area contributed by atoms with E-state index in [1.54, 1.807) is 0 Å². The van der Waals surface area contributed by atoms with E-state index in [4.69, 9.17) is 0 Å². The van der Waals surface area contributed by atoms with Gasteiger partial charge in [-0.05, 0) is 30.6 Å². The Bertz CT molecular complexity index is 920. The van der Waals surface area contributed by atoms with E-state index < -0.39 is 11.6 Å². The molecule has 1 aliphatic heterocycles. The molecule has 28 heavy (non-hydrogen) atoms. The van der Waals surface area contributed by atoms with Crippen molar-refractivity contribution in [1.29, 1.82) is 0 Å². The maximum atomic E-state index is 13.1. The Morgan fingerprint density at radius 3 is 2.89 bits per heavy atom. The van der Waals surface area contributed by atoms with Crippen LogP contribution >= 0.6 is 11.3 Å². The summed E-state index contributed by atoms with van der Waals surface area (Å²) in [4.78, 5) is 44.2.